The molecule has 100 valence electrons. The van der Waals surface area contributed by atoms with E-state index in [4.69, 9.17) is 5.73 Å². The fraction of sp³-hybridized carbons (Fsp3) is 1.00. The summed E-state index contributed by atoms with van der Waals surface area (Å²) in [5.41, 5.74) is 5.95. The van der Waals surface area contributed by atoms with E-state index < -0.39 is 0 Å². The summed E-state index contributed by atoms with van der Waals surface area (Å²) in [5, 5.41) is 0. The van der Waals surface area contributed by atoms with Gasteiger partial charge in [0.25, 0.3) is 0 Å². The van der Waals surface area contributed by atoms with Crippen LogP contribution in [0.4, 0.5) is 0 Å². The van der Waals surface area contributed by atoms with Crippen LogP contribution in [0.15, 0.2) is 0 Å². The number of rotatable bonds is 3. The van der Waals surface area contributed by atoms with E-state index in [-0.39, 0.29) is 0 Å². The van der Waals surface area contributed by atoms with Crippen molar-refractivity contribution in [2.75, 3.05) is 32.7 Å². The SMILES string of the molecule is C[C@H](CN1CCC(N)CC1)N1CCCCCC1. The van der Waals surface area contributed by atoms with Gasteiger partial charge >= 0.3 is 0 Å². The molecule has 0 spiro atoms. The van der Waals surface area contributed by atoms with Crippen LogP contribution in [0.3, 0.4) is 0 Å². The van der Waals surface area contributed by atoms with Gasteiger partial charge in [-0.2, -0.15) is 0 Å². The topological polar surface area (TPSA) is 32.5 Å². The molecule has 3 heteroatoms. The quantitative estimate of drug-likeness (QED) is 0.813. The van der Waals surface area contributed by atoms with Crippen molar-refractivity contribution in [2.24, 2.45) is 5.73 Å². The minimum atomic E-state index is 0.458. The maximum Gasteiger partial charge on any atom is 0.0194 e. The van der Waals surface area contributed by atoms with E-state index in [0.717, 1.165) is 6.04 Å². The number of nitrogens with two attached hydrogens (primary N) is 1. The fourth-order valence-corrected chi connectivity index (χ4v) is 3.16. The lowest BCUT2D eigenvalue weighted by Crippen LogP contribution is -2.47. The molecular weight excluding hydrogens is 210 g/mol. The highest BCUT2D eigenvalue weighted by atomic mass is 15.2. The van der Waals surface area contributed by atoms with Crippen LogP contribution in [-0.2, 0) is 0 Å². The van der Waals surface area contributed by atoms with Crippen molar-refractivity contribution in [1.82, 2.24) is 9.80 Å². The molecule has 0 amide bonds. The third-order valence-electron chi connectivity index (χ3n) is 4.42. The Kier molecular flexibility index (Phi) is 5.26. The smallest absolute Gasteiger partial charge is 0.0194 e. The molecule has 2 fully saturated rings. The van der Waals surface area contributed by atoms with Gasteiger partial charge in [0.1, 0.15) is 0 Å². The van der Waals surface area contributed by atoms with Crippen LogP contribution in [0.25, 0.3) is 0 Å². The number of piperidine rings is 1. The van der Waals surface area contributed by atoms with E-state index in [1.807, 2.05) is 0 Å². The first-order valence-corrected chi connectivity index (χ1v) is 7.47. The highest BCUT2D eigenvalue weighted by molar-refractivity contribution is 4.79. The third kappa shape index (κ3) is 4.23. The summed E-state index contributed by atoms with van der Waals surface area (Å²) < 4.78 is 0. The zero-order chi connectivity index (χ0) is 12.1. The Morgan fingerprint density at radius 1 is 1.00 bits per heavy atom. The van der Waals surface area contributed by atoms with Gasteiger partial charge in [-0.25, -0.2) is 0 Å². The van der Waals surface area contributed by atoms with Crippen molar-refractivity contribution in [3.05, 3.63) is 0 Å². The van der Waals surface area contributed by atoms with Gasteiger partial charge in [0.15, 0.2) is 0 Å². The Labute approximate surface area is 106 Å². The summed E-state index contributed by atoms with van der Waals surface area (Å²) in [6.45, 7) is 8.69. The predicted molar refractivity (Wildman–Crippen MR) is 73.2 cm³/mol. The molecule has 0 aromatic carbocycles. The van der Waals surface area contributed by atoms with Crippen LogP contribution in [0.5, 0.6) is 0 Å². The normalized spacial score (nSPS) is 27.9. The van der Waals surface area contributed by atoms with Crippen LogP contribution < -0.4 is 5.73 Å². The molecule has 3 nitrogen and oxygen atoms in total. The molecular formula is C14H29N3. The van der Waals surface area contributed by atoms with Crippen LogP contribution in [0.2, 0.25) is 0 Å². The zero-order valence-corrected chi connectivity index (χ0v) is 11.4. The molecule has 0 aromatic rings. The van der Waals surface area contributed by atoms with Crippen LogP contribution in [0, 0.1) is 0 Å². The van der Waals surface area contributed by atoms with Gasteiger partial charge in [-0.1, -0.05) is 12.8 Å². The Balaban J connectivity index is 1.73. The summed E-state index contributed by atoms with van der Waals surface area (Å²) in [5.74, 6) is 0. The molecule has 17 heavy (non-hydrogen) atoms. The zero-order valence-electron chi connectivity index (χ0n) is 11.4. The molecule has 0 aliphatic carbocycles. The molecule has 2 rings (SSSR count). The Morgan fingerprint density at radius 2 is 1.59 bits per heavy atom. The predicted octanol–water partition coefficient (Wildman–Crippen LogP) is 1.67. The second kappa shape index (κ2) is 6.72. The van der Waals surface area contributed by atoms with E-state index in [1.54, 1.807) is 0 Å². The monoisotopic (exact) mass is 239 g/mol. The minimum Gasteiger partial charge on any atom is -0.328 e. The van der Waals surface area contributed by atoms with Crippen molar-refractivity contribution >= 4 is 0 Å². The van der Waals surface area contributed by atoms with Gasteiger partial charge in [0.2, 0.25) is 0 Å². The second-order valence-corrected chi connectivity index (χ2v) is 5.94. The van der Waals surface area contributed by atoms with Crippen LogP contribution in [0.1, 0.15) is 45.4 Å². The van der Waals surface area contributed by atoms with E-state index >= 15 is 0 Å². The van der Waals surface area contributed by atoms with Crippen LogP contribution >= 0.6 is 0 Å². The van der Waals surface area contributed by atoms with Gasteiger partial charge in [0.05, 0.1) is 0 Å². The first kappa shape index (κ1) is 13.3. The van der Waals surface area contributed by atoms with Gasteiger partial charge in [-0.05, 0) is 58.8 Å². The van der Waals surface area contributed by atoms with E-state index in [2.05, 4.69) is 16.7 Å². The summed E-state index contributed by atoms with van der Waals surface area (Å²) in [7, 11) is 0. The molecule has 0 unspecified atom stereocenters. The minimum absolute atomic E-state index is 0.458. The third-order valence-corrected chi connectivity index (χ3v) is 4.42. The molecule has 0 radical (unpaired) electrons. The molecule has 0 saturated carbocycles. The Bertz CT molecular complexity index is 204. The number of nitrogens with zero attached hydrogens (tertiary/aromatic N) is 2. The molecule has 2 N–H and O–H groups in total. The maximum atomic E-state index is 5.95. The Morgan fingerprint density at radius 3 is 2.18 bits per heavy atom. The summed E-state index contributed by atoms with van der Waals surface area (Å²) in [6.07, 6.45) is 8.04. The molecule has 2 aliphatic heterocycles. The highest BCUT2D eigenvalue weighted by Crippen LogP contribution is 2.15. The second-order valence-electron chi connectivity index (χ2n) is 5.94. The molecule has 1 atom stereocenters. The van der Waals surface area contributed by atoms with E-state index in [1.165, 1.54) is 71.2 Å². The average Bonchev–Trinajstić information content (AvgIpc) is 2.61. The van der Waals surface area contributed by atoms with Gasteiger partial charge in [0, 0.05) is 18.6 Å². The molecule has 2 aliphatic rings. The van der Waals surface area contributed by atoms with Crippen molar-refractivity contribution in [1.29, 1.82) is 0 Å². The van der Waals surface area contributed by atoms with E-state index in [9.17, 15) is 0 Å². The van der Waals surface area contributed by atoms with Gasteiger partial charge in [-0.15, -0.1) is 0 Å². The first-order valence-electron chi connectivity index (χ1n) is 7.47. The summed E-state index contributed by atoms with van der Waals surface area (Å²) in [6, 6.07) is 1.18. The van der Waals surface area contributed by atoms with Crippen molar-refractivity contribution in [3.63, 3.8) is 0 Å². The van der Waals surface area contributed by atoms with Crippen molar-refractivity contribution < 1.29 is 0 Å². The molecule has 2 heterocycles. The summed E-state index contributed by atoms with van der Waals surface area (Å²) >= 11 is 0. The van der Waals surface area contributed by atoms with Crippen molar-refractivity contribution in [2.45, 2.75) is 57.5 Å². The lowest BCUT2D eigenvalue weighted by atomic mass is 10.1. The lowest BCUT2D eigenvalue weighted by molar-refractivity contribution is 0.132. The lowest BCUT2D eigenvalue weighted by Gasteiger charge is -2.36. The number of likely N-dealkylation sites (tertiary alicyclic amines) is 2. The van der Waals surface area contributed by atoms with Gasteiger partial charge < -0.3 is 10.6 Å². The molecule has 2 saturated heterocycles. The van der Waals surface area contributed by atoms with E-state index in [0.29, 0.717) is 6.04 Å². The molecule has 0 aromatic heterocycles. The standard InChI is InChI=1S/C14H29N3/c1-13(17-8-4-2-3-5-9-17)12-16-10-6-14(15)7-11-16/h13-14H,2-12,15H2,1H3/t13-/m1/s1. The fourth-order valence-electron chi connectivity index (χ4n) is 3.16. The number of hydrogen-bond acceptors (Lipinski definition) is 3. The summed E-state index contributed by atoms with van der Waals surface area (Å²) in [4.78, 5) is 5.31. The van der Waals surface area contributed by atoms with Crippen molar-refractivity contribution in [3.8, 4) is 0 Å². The first-order chi connectivity index (χ1) is 8.25. The number of hydrogen-bond donors (Lipinski definition) is 1. The average molecular weight is 239 g/mol. The van der Waals surface area contributed by atoms with Gasteiger partial charge in [-0.3, -0.25) is 4.90 Å². The maximum absolute atomic E-state index is 5.95. The highest BCUT2D eigenvalue weighted by Gasteiger charge is 2.21. The molecule has 0 bridgehead atoms. The largest absolute Gasteiger partial charge is 0.328 e. The Hall–Kier alpha value is -0.120. The van der Waals surface area contributed by atoms with Crippen LogP contribution in [-0.4, -0.2) is 54.6 Å².